The average molecular weight is 360 g/mol. The highest BCUT2D eigenvalue weighted by molar-refractivity contribution is 7.88. The Balaban J connectivity index is 2.01. The Morgan fingerprint density at radius 1 is 1.04 bits per heavy atom. The van der Waals surface area contributed by atoms with E-state index in [4.69, 9.17) is 9.47 Å². The summed E-state index contributed by atoms with van der Waals surface area (Å²) in [5, 5.41) is 4.38. The SMILES string of the molecule is COc1cccc(C2=NN(S(C)(=O)=O)[C@H](c3cccc(OC)c3)C2)c1. The second kappa shape index (κ2) is 6.76. The molecular weight excluding hydrogens is 340 g/mol. The van der Waals surface area contributed by atoms with E-state index < -0.39 is 16.1 Å². The van der Waals surface area contributed by atoms with Crippen molar-refractivity contribution in [2.24, 2.45) is 5.10 Å². The van der Waals surface area contributed by atoms with Gasteiger partial charge in [-0.1, -0.05) is 24.3 Å². The van der Waals surface area contributed by atoms with Crippen molar-refractivity contribution in [1.29, 1.82) is 0 Å². The third-order valence-corrected chi connectivity index (χ3v) is 5.11. The molecule has 1 aliphatic heterocycles. The number of rotatable bonds is 5. The standard InChI is InChI=1S/C18H20N2O4S/c1-23-15-8-4-6-13(10-15)17-12-18(20(19-17)25(3,21)22)14-7-5-9-16(11-14)24-2/h4-11,18H,12H2,1-3H3/t18-/m0/s1. The van der Waals surface area contributed by atoms with Gasteiger partial charge >= 0.3 is 0 Å². The van der Waals surface area contributed by atoms with Gasteiger partial charge in [-0.05, 0) is 29.8 Å². The van der Waals surface area contributed by atoms with Gasteiger partial charge in [0.2, 0.25) is 10.0 Å². The summed E-state index contributed by atoms with van der Waals surface area (Å²) in [6, 6.07) is 14.5. The van der Waals surface area contributed by atoms with E-state index in [2.05, 4.69) is 5.10 Å². The lowest BCUT2D eigenvalue weighted by atomic mass is 9.99. The molecule has 0 spiro atoms. The van der Waals surface area contributed by atoms with Crippen LogP contribution < -0.4 is 9.47 Å². The van der Waals surface area contributed by atoms with Gasteiger partial charge in [0.1, 0.15) is 11.5 Å². The van der Waals surface area contributed by atoms with E-state index in [1.54, 1.807) is 14.2 Å². The lowest BCUT2D eigenvalue weighted by Gasteiger charge is -2.21. The van der Waals surface area contributed by atoms with Gasteiger partial charge in [-0.25, -0.2) is 8.42 Å². The minimum atomic E-state index is -3.50. The second-order valence-corrected chi connectivity index (χ2v) is 7.65. The molecular formula is C18H20N2O4S. The van der Waals surface area contributed by atoms with E-state index in [9.17, 15) is 8.42 Å². The fraction of sp³-hybridized carbons (Fsp3) is 0.278. The van der Waals surface area contributed by atoms with E-state index in [1.165, 1.54) is 4.41 Å². The number of hydrazone groups is 1. The molecule has 0 unspecified atom stereocenters. The van der Waals surface area contributed by atoms with Gasteiger partial charge in [-0.2, -0.15) is 9.52 Å². The van der Waals surface area contributed by atoms with E-state index in [1.807, 2.05) is 48.5 Å². The Bertz CT molecular complexity index is 909. The first-order chi connectivity index (χ1) is 11.9. The number of benzene rings is 2. The summed E-state index contributed by atoms with van der Waals surface area (Å²) in [5.41, 5.74) is 2.39. The Morgan fingerprint density at radius 3 is 2.32 bits per heavy atom. The molecule has 6 nitrogen and oxygen atoms in total. The maximum atomic E-state index is 12.2. The zero-order valence-electron chi connectivity index (χ0n) is 14.3. The smallest absolute Gasteiger partial charge is 0.247 e. The second-order valence-electron chi connectivity index (χ2n) is 5.81. The van der Waals surface area contributed by atoms with Gasteiger partial charge < -0.3 is 9.47 Å². The summed E-state index contributed by atoms with van der Waals surface area (Å²) in [6.45, 7) is 0. The number of ether oxygens (including phenoxy) is 2. The largest absolute Gasteiger partial charge is 0.497 e. The van der Waals surface area contributed by atoms with Crippen molar-refractivity contribution in [2.75, 3.05) is 20.5 Å². The van der Waals surface area contributed by atoms with Crippen LogP contribution in [0.2, 0.25) is 0 Å². The van der Waals surface area contributed by atoms with E-state index in [0.717, 1.165) is 17.4 Å². The average Bonchev–Trinajstić information content (AvgIpc) is 3.08. The molecule has 2 aromatic carbocycles. The molecule has 132 valence electrons. The zero-order chi connectivity index (χ0) is 18.0. The van der Waals surface area contributed by atoms with Gasteiger partial charge in [0, 0.05) is 12.0 Å². The number of methoxy groups -OCH3 is 2. The van der Waals surface area contributed by atoms with Crippen LogP contribution >= 0.6 is 0 Å². The van der Waals surface area contributed by atoms with E-state index in [0.29, 0.717) is 23.6 Å². The van der Waals surface area contributed by atoms with Crippen molar-refractivity contribution in [1.82, 2.24) is 4.41 Å². The highest BCUT2D eigenvalue weighted by Crippen LogP contribution is 2.36. The number of hydrogen-bond acceptors (Lipinski definition) is 5. The highest BCUT2D eigenvalue weighted by atomic mass is 32.2. The van der Waals surface area contributed by atoms with Gasteiger partial charge in [0.25, 0.3) is 0 Å². The van der Waals surface area contributed by atoms with Gasteiger partial charge in [-0.3, -0.25) is 0 Å². The third-order valence-electron chi connectivity index (χ3n) is 4.09. The molecule has 7 heteroatoms. The number of nitrogens with zero attached hydrogens (tertiary/aromatic N) is 2. The first-order valence-corrected chi connectivity index (χ1v) is 9.62. The van der Waals surface area contributed by atoms with Crippen LogP contribution in [-0.4, -0.2) is 39.0 Å². The summed E-state index contributed by atoms with van der Waals surface area (Å²) in [4.78, 5) is 0. The predicted octanol–water partition coefficient (Wildman–Crippen LogP) is 2.81. The van der Waals surface area contributed by atoms with Crippen LogP contribution in [0.4, 0.5) is 0 Å². The summed E-state index contributed by atoms with van der Waals surface area (Å²) in [6.07, 6.45) is 1.64. The minimum Gasteiger partial charge on any atom is -0.497 e. The first-order valence-electron chi connectivity index (χ1n) is 7.77. The molecule has 3 rings (SSSR count). The Kier molecular flexibility index (Phi) is 4.67. The van der Waals surface area contributed by atoms with Crippen LogP contribution in [0.3, 0.4) is 0 Å². The Morgan fingerprint density at radius 2 is 1.68 bits per heavy atom. The van der Waals surface area contributed by atoms with Gasteiger partial charge in [0.15, 0.2) is 0 Å². The van der Waals surface area contributed by atoms with E-state index in [-0.39, 0.29) is 0 Å². The monoisotopic (exact) mass is 360 g/mol. The quantitative estimate of drug-likeness (QED) is 0.822. The molecule has 1 heterocycles. The number of sulfonamides is 1. The summed E-state index contributed by atoms with van der Waals surface area (Å²) in [7, 11) is -0.324. The summed E-state index contributed by atoms with van der Waals surface area (Å²) >= 11 is 0. The molecule has 2 aromatic rings. The fourth-order valence-electron chi connectivity index (χ4n) is 2.87. The number of hydrogen-bond donors (Lipinski definition) is 0. The molecule has 0 saturated heterocycles. The zero-order valence-corrected chi connectivity index (χ0v) is 15.2. The first kappa shape index (κ1) is 17.3. The van der Waals surface area contributed by atoms with Crippen LogP contribution in [-0.2, 0) is 10.0 Å². The Labute approximate surface area is 147 Å². The minimum absolute atomic E-state index is 0.397. The molecule has 0 aliphatic carbocycles. The van der Waals surface area contributed by atoms with Crippen molar-refractivity contribution in [3.63, 3.8) is 0 Å². The van der Waals surface area contributed by atoms with Crippen LogP contribution in [0.5, 0.6) is 11.5 Å². The molecule has 1 aliphatic rings. The summed E-state index contributed by atoms with van der Waals surface area (Å²) < 4.78 is 36.1. The van der Waals surface area contributed by atoms with Crippen molar-refractivity contribution in [3.05, 3.63) is 59.7 Å². The van der Waals surface area contributed by atoms with E-state index >= 15 is 0 Å². The van der Waals surface area contributed by atoms with Crippen molar-refractivity contribution >= 4 is 15.7 Å². The summed E-state index contributed by atoms with van der Waals surface area (Å²) in [5.74, 6) is 1.39. The Hall–Kier alpha value is -2.54. The van der Waals surface area contributed by atoms with Crippen molar-refractivity contribution in [3.8, 4) is 11.5 Å². The molecule has 0 aromatic heterocycles. The lowest BCUT2D eigenvalue weighted by molar-refractivity contribution is 0.371. The lowest BCUT2D eigenvalue weighted by Crippen LogP contribution is -2.25. The van der Waals surface area contributed by atoms with Crippen molar-refractivity contribution < 1.29 is 17.9 Å². The van der Waals surface area contributed by atoms with Gasteiger partial charge in [0.05, 0.1) is 32.2 Å². The topological polar surface area (TPSA) is 68.2 Å². The maximum Gasteiger partial charge on any atom is 0.247 e. The molecule has 0 bridgehead atoms. The fourth-order valence-corrected chi connectivity index (χ4v) is 3.77. The molecule has 0 fully saturated rings. The molecule has 0 radical (unpaired) electrons. The van der Waals surface area contributed by atoms with Crippen LogP contribution in [0.25, 0.3) is 0 Å². The molecule has 25 heavy (non-hydrogen) atoms. The van der Waals surface area contributed by atoms with Crippen LogP contribution in [0.15, 0.2) is 53.6 Å². The normalized spacial score (nSPS) is 17.3. The molecule has 0 amide bonds. The van der Waals surface area contributed by atoms with Crippen molar-refractivity contribution in [2.45, 2.75) is 12.5 Å². The molecule has 0 saturated carbocycles. The van der Waals surface area contributed by atoms with Gasteiger partial charge in [-0.15, -0.1) is 0 Å². The maximum absolute atomic E-state index is 12.2. The molecule has 0 N–H and O–H groups in total. The third kappa shape index (κ3) is 3.61. The van der Waals surface area contributed by atoms with Crippen LogP contribution in [0.1, 0.15) is 23.6 Å². The highest BCUT2D eigenvalue weighted by Gasteiger charge is 2.34. The molecule has 1 atom stereocenters. The van der Waals surface area contributed by atoms with Crippen LogP contribution in [0, 0.1) is 0 Å². The predicted molar refractivity (Wildman–Crippen MR) is 96.6 cm³/mol.